The van der Waals surface area contributed by atoms with Crippen LogP contribution in [0, 0.1) is 12.7 Å². The van der Waals surface area contributed by atoms with Crippen LogP contribution in [0.3, 0.4) is 0 Å². The van der Waals surface area contributed by atoms with Crippen LogP contribution in [0.15, 0.2) is 35.0 Å². The molecule has 0 spiro atoms. The second kappa shape index (κ2) is 9.30. The summed E-state index contributed by atoms with van der Waals surface area (Å²) in [6, 6.07) is 7.12. The molecule has 1 amide bonds. The third-order valence-electron chi connectivity index (χ3n) is 6.19. The average molecular weight is 494 g/mol. The summed E-state index contributed by atoms with van der Waals surface area (Å²) in [5.74, 6) is 0.211. The van der Waals surface area contributed by atoms with Crippen LogP contribution in [-0.2, 0) is 16.7 Å². The Kier molecular flexibility index (Phi) is 6.17. The monoisotopic (exact) mass is 493 g/mol. The number of carbonyl (C=O) groups excluding carboxylic acids is 1. The minimum absolute atomic E-state index is 0.115. The second-order valence-corrected chi connectivity index (χ2v) is 9.77. The lowest BCUT2D eigenvalue weighted by molar-refractivity contribution is 0.0906. The van der Waals surface area contributed by atoms with E-state index in [1.807, 2.05) is 26.8 Å². The lowest BCUT2D eigenvalue weighted by atomic mass is 9.96. The van der Waals surface area contributed by atoms with Gasteiger partial charge in [-0.25, -0.2) is 13.9 Å². The number of carbonyl (C=O) groups is 1. The molecule has 0 unspecified atom stereocenters. The first-order valence-corrected chi connectivity index (χ1v) is 11.8. The molecule has 1 aliphatic heterocycles. The molecule has 0 radical (unpaired) electrons. The quantitative estimate of drug-likeness (QED) is 0.451. The van der Waals surface area contributed by atoms with Crippen molar-refractivity contribution in [1.82, 2.24) is 30.1 Å². The Bertz CT molecular complexity index is 1420. The number of hydrogen-bond donors (Lipinski definition) is 1. The smallest absolute Gasteiger partial charge is 0.315 e. The van der Waals surface area contributed by atoms with E-state index < -0.39 is 5.91 Å². The van der Waals surface area contributed by atoms with Gasteiger partial charge in [-0.05, 0) is 30.2 Å². The van der Waals surface area contributed by atoms with Gasteiger partial charge in [-0.2, -0.15) is 4.98 Å². The predicted octanol–water partition coefficient (Wildman–Crippen LogP) is 3.29. The van der Waals surface area contributed by atoms with Crippen LogP contribution in [-0.4, -0.2) is 56.9 Å². The maximum absolute atomic E-state index is 15.6. The highest BCUT2D eigenvalue weighted by Gasteiger charge is 2.24. The summed E-state index contributed by atoms with van der Waals surface area (Å²) < 4.78 is 27.7. The van der Waals surface area contributed by atoms with Crippen LogP contribution < -0.4 is 10.2 Å². The van der Waals surface area contributed by atoms with Crippen molar-refractivity contribution in [3.63, 3.8) is 0 Å². The molecule has 11 heteroatoms. The van der Waals surface area contributed by atoms with E-state index in [-0.39, 0.29) is 23.7 Å². The number of benzene rings is 1. The maximum Gasteiger partial charge on any atom is 0.315 e. The third kappa shape index (κ3) is 4.53. The zero-order valence-electron chi connectivity index (χ0n) is 20.7. The van der Waals surface area contributed by atoms with Gasteiger partial charge in [-0.15, -0.1) is 5.10 Å². The molecule has 0 aliphatic carbocycles. The van der Waals surface area contributed by atoms with Gasteiger partial charge in [0.2, 0.25) is 0 Å². The first kappa shape index (κ1) is 23.9. The molecule has 4 heterocycles. The molecule has 1 aliphatic rings. The van der Waals surface area contributed by atoms with E-state index >= 15 is 4.39 Å². The van der Waals surface area contributed by atoms with Crippen molar-refractivity contribution < 1.29 is 18.4 Å². The van der Waals surface area contributed by atoms with Crippen molar-refractivity contribution in [3.05, 3.63) is 59.1 Å². The molecule has 1 fully saturated rings. The van der Waals surface area contributed by atoms with E-state index in [2.05, 4.69) is 25.3 Å². The normalized spacial score (nSPS) is 14.4. The Hall–Kier alpha value is -3.86. The van der Waals surface area contributed by atoms with Crippen molar-refractivity contribution in [2.75, 3.05) is 31.2 Å². The fraction of sp³-hybridized carbons (Fsp3) is 0.400. The van der Waals surface area contributed by atoms with E-state index in [0.717, 1.165) is 18.9 Å². The molecule has 5 rings (SSSR count). The highest BCUT2D eigenvalue weighted by atomic mass is 19.1. The zero-order valence-corrected chi connectivity index (χ0v) is 20.7. The van der Waals surface area contributed by atoms with Crippen molar-refractivity contribution in [3.8, 4) is 11.3 Å². The summed E-state index contributed by atoms with van der Waals surface area (Å²) in [7, 11) is 0. The van der Waals surface area contributed by atoms with E-state index in [4.69, 9.17) is 14.4 Å². The fourth-order valence-corrected chi connectivity index (χ4v) is 4.02. The second-order valence-electron chi connectivity index (χ2n) is 9.77. The van der Waals surface area contributed by atoms with Crippen LogP contribution in [0.4, 0.5) is 10.2 Å². The van der Waals surface area contributed by atoms with Crippen molar-refractivity contribution >= 4 is 17.4 Å². The van der Waals surface area contributed by atoms with Crippen LogP contribution in [0.5, 0.6) is 0 Å². The number of nitrogens with zero attached hydrogens (tertiary/aromatic N) is 6. The lowest BCUT2D eigenvalue weighted by Gasteiger charge is -2.26. The van der Waals surface area contributed by atoms with Gasteiger partial charge in [-0.3, -0.25) is 4.79 Å². The standard InChI is InChI=1S/C25H28FN7O3/c1-15-16(14-28-22(34)23-29-24(31-36-23)25(2,3)4)5-6-17(21(15)26)18-7-8-27-19-13-20(30-33(18)19)32-9-11-35-12-10-32/h5-8,13H,9-12,14H2,1-4H3,(H,28,34). The van der Waals surface area contributed by atoms with Gasteiger partial charge in [0.25, 0.3) is 0 Å². The summed E-state index contributed by atoms with van der Waals surface area (Å²) in [5.41, 5.74) is 2.36. The zero-order chi connectivity index (χ0) is 25.4. The number of hydrogen-bond acceptors (Lipinski definition) is 8. The number of morpholine rings is 1. The number of nitrogens with one attached hydrogen (secondary N) is 1. The van der Waals surface area contributed by atoms with E-state index in [9.17, 15) is 4.79 Å². The number of amides is 1. The SMILES string of the molecule is Cc1c(CNC(=O)c2nc(C(C)(C)C)no2)ccc(-c2ccnc3cc(N4CCOCC4)nn23)c1F. The molecular formula is C25H28FN7O3. The van der Waals surface area contributed by atoms with Crippen LogP contribution in [0.1, 0.15) is 48.4 Å². The summed E-state index contributed by atoms with van der Waals surface area (Å²) >= 11 is 0. The van der Waals surface area contributed by atoms with Crippen molar-refractivity contribution in [2.24, 2.45) is 0 Å². The number of aromatic nitrogens is 5. The minimum Gasteiger partial charge on any atom is -0.378 e. The first-order chi connectivity index (χ1) is 17.2. The summed E-state index contributed by atoms with van der Waals surface area (Å²) in [4.78, 5) is 23.2. The molecule has 1 N–H and O–H groups in total. The average Bonchev–Trinajstić information content (AvgIpc) is 3.53. The highest BCUT2D eigenvalue weighted by Crippen LogP contribution is 2.28. The molecule has 0 bridgehead atoms. The molecule has 0 saturated carbocycles. The van der Waals surface area contributed by atoms with Gasteiger partial charge in [0.15, 0.2) is 17.3 Å². The molecule has 4 aromatic rings. The Morgan fingerprint density at radius 2 is 1.97 bits per heavy atom. The van der Waals surface area contributed by atoms with E-state index in [0.29, 0.717) is 47.1 Å². The van der Waals surface area contributed by atoms with Gasteiger partial charge >= 0.3 is 11.8 Å². The number of rotatable bonds is 5. The number of halogens is 1. The highest BCUT2D eigenvalue weighted by molar-refractivity contribution is 5.89. The van der Waals surface area contributed by atoms with Gasteiger partial charge in [0, 0.05) is 42.9 Å². The Labute approximate surface area is 207 Å². The predicted molar refractivity (Wildman–Crippen MR) is 130 cm³/mol. The minimum atomic E-state index is -0.509. The largest absolute Gasteiger partial charge is 0.378 e. The van der Waals surface area contributed by atoms with Gasteiger partial charge in [0.05, 0.1) is 18.9 Å². The van der Waals surface area contributed by atoms with Gasteiger partial charge < -0.3 is 19.5 Å². The van der Waals surface area contributed by atoms with Crippen molar-refractivity contribution in [1.29, 1.82) is 0 Å². The molecule has 36 heavy (non-hydrogen) atoms. The topological polar surface area (TPSA) is 111 Å². The summed E-state index contributed by atoms with van der Waals surface area (Å²) in [6.07, 6.45) is 1.65. The molecule has 10 nitrogen and oxygen atoms in total. The molecule has 1 aromatic carbocycles. The van der Waals surface area contributed by atoms with Gasteiger partial charge in [0.1, 0.15) is 5.82 Å². The Morgan fingerprint density at radius 1 is 1.19 bits per heavy atom. The number of ether oxygens (including phenoxy) is 1. The van der Waals surface area contributed by atoms with Crippen LogP contribution >= 0.6 is 0 Å². The van der Waals surface area contributed by atoms with E-state index in [1.165, 1.54) is 0 Å². The first-order valence-electron chi connectivity index (χ1n) is 11.8. The summed E-state index contributed by atoms with van der Waals surface area (Å²) in [5, 5.41) is 11.3. The molecule has 3 aromatic heterocycles. The lowest BCUT2D eigenvalue weighted by Crippen LogP contribution is -2.36. The van der Waals surface area contributed by atoms with Crippen molar-refractivity contribution in [2.45, 2.75) is 39.7 Å². The fourth-order valence-electron chi connectivity index (χ4n) is 4.02. The number of anilines is 1. The number of fused-ring (bicyclic) bond motifs is 1. The molecular weight excluding hydrogens is 465 g/mol. The summed E-state index contributed by atoms with van der Waals surface area (Å²) in [6.45, 7) is 10.4. The van der Waals surface area contributed by atoms with Crippen LogP contribution in [0.2, 0.25) is 0 Å². The van der Waals surface area contributed by atoms with E-state index in [1.54, 1.807) is 35.8 Å². The van der Waals surface area contributed by atoms with Crippen LogP contribution in [0.25, 0.3) is 16.9 Å². The van der Waals surface area contributed by atoms with Gasteiger partial charge in [-0.1, -0.05) is 32.0 Å². The Morgan fingerprint density at radius 3 is 2.69 bits per heavy atom. The molecule has 0 atom stereocenters. The maximum atomic E-state index is 15.6. The molecule has 188 valence electrons. The molecule has 1 saturated heterocycles. The third-order valence-corrected chi connectivity index (χ3v) is 6.19. The Balaban J connectivity index is 1.37.